The van der Waals surface area contributed by atoms with E-state index in [0.29, 0.717) is 12.2 Å². The minimum Gasteiger partial charge on any atom is -0.347 e. The van der Waals surface area contributed by atoms with Gasteiger partial charge in [-0.2, -0.15) is 5.10 Å². The molecule has 6 heteroatoms. The van der Waals surface area contributed by atoms with Crippen LogP contribution < -0.4 is 5.32 Å². The van der Waals surface area contributed by atoms with Crippen molar-refractivity contribution in [1.29, 1.82) is 0 Å². The molecule has 1 aromatic carbocycles. The monoisotopic (exact) mass is 386 g/mol. The zero-order valence-corrected chi connectivity index (χ0v) is 15.5. The van der Waals surface area contributed by atoms with Gasteiger partial charge in [0.1, 0.15) is 5.69 Å². The Morgan fingerprint density at radius 1 is 1.25 bits per heavy atom. The van der Waals surface area contributed by atoms with Crippen molar-refractivity contribution in [2.75, 3.05) is 0 Å². The number of rotatable bonds is 4. The maximum absolute atomic E-state index is 12.4. The first-order valence-electron chi connectivity index (χ1n) is 7.68. The number of aromatic nitrogens is 3. The summed E-state index contributed by atoms with van der Waals surface area (Å²) in [6, 6.07) is 11.8. The van der Waals surface area contributed by atoms with Crippen molar-refractivity contribution >= 4 is 21.8 Å². The molecule has 0 saturated carbocycles. The number of hydrogen-bond acceptors (Lipinski definition) is 2. The number of nitrogens with one attached hydrogen (secondary N) is 1. The Hall–Kier alpha value is -2.34. The highest BCUT2D eigenvalue weighted by atomic mass is 79.9. The fourth-order valence-electron chi connectivity index (χ4n) is 2.76. The maximum Gasteiger partial charge on any atom is 0.268 e. The van der Waals surface area contributed by atoms with Crippen molar-refractivity contribution in [3.8, 4) is 5.69 Å². The van der Waals surface area contributed by atoms with Crippen LogP contribution in [0.25, 0.3) is 5.69 Å². The lowest BCUT2D eigenvalue weighted by atomic mass is 10.2. The van der Waals surface area contributed by atoms with Crippen LogP contribution in [0.4, 0.5) is 0 Å². The summed E-state index contributed by atoms with van der Waals surface area (Å²) in [6.07, 6.45) is 1.86. The van der Waals surface area contributed by atoms with E-state index < -0.39 is 0 Å². The van der Waals surface area contributed by atoms with Crippen molar-refractivity contribution in [2.24, 2.45) is 7.05 Å². The molecule has 0 fully saturated rings. The van der Waals surface area contributed by atoms with Gasteiger partial charge in [0, 0.05) is 35.5 Å². The molecule has 0 aliphatic rings. The van der Waals surface area contributed by atoms with Crippen molar-refractivity contribution in [1.82, 2.24) is 19.7 Å². The number of hydrogen-bond donors (Lipinski definition) is 1. The first-order chi connectivity index (χ1) is 11.5. The third-order valence-electron chi connectivity index (χ3n) is 4.07. The Bertz CT molecular complexity index is 880. The fourth-order valence-corrected chi connectivity index (χ4v) is 3.28. The van der Waals surface area contributed by atoms with E-state index in [-0.39, 0.29) is 5.91 Å². The van der Waals surface area contributed by atoms with Gasteiger partial charge in [-0.15, -0.1) is 0 Å². The van der Waals surface area contributed by atoms with Gasteiger partial charge in [0.05, 0.1) is 11.4 Å². The number of para-hydroxylation sites is 1. The van der Waals surface area contributed by atoms with Crippen LogP contribution in [0.5, 0.6) is 0 Å². The summed E-state index contributed by atoms with van der Waals surface area (Å²) in [5.41, 5.74) is 4.63. The summed E-state index contributed by atoms with van der Waals surface area (Å²) in [4.78, 5) is 12.4. The highest BCUT2D eigenvalue weighted by molar-refractivity contribution is 9.10. The molecule has 24 heavy (non-hydrogen) atoms. The minimum absolute atomic E-state index is 0.102. The second-order valence-electron chi connectivity index (χ2n) is 5.73. The molecule has 3 aromatic rings. The van der Waals surface area contributed by atoms with Gasteiger partial charge in [-0.3, -0.25) is 4.79 Å². The number of carbonyl (C=O) groups is 1. The van der Waals surface area contributed by atoms with Crippen LogP contribution >= 0.6 is 15.9 Å². The standard InChI is InChI=1S/C18H19BrN4O/c1-12-16(10-20-18(24)17-9-14(19)11-22(17)3)13(2)23(21-12)15-7-5-4-6-8-15/h4-9,11H,10H2,1-3H3,(H,20,24). The SMILES string of the molecule is Cc1nn(-c2ccccc2)c(C)c1CNC(=O)c1cc(Br)cn1C. The third kappa shape index (κ3) is 3.14. The molecule has 0 saturated heterocycles. The van der Waals surface area contributed by atoms with E-state index in [1.807, 2.05) is 68.2 Å². The molecular formula is C18H19BrN4O. The maximum atomic E-state index is 12.4. The topological polar surface area (TPSA) is 51.9 Å². The van der Waals surface area contributed by atoms with E-state index in [4.69, 9.17) is 0 Å². The van der Waals surface area contributed by atoms with Gasteiger partial charge in [-0.05, 0) is 48.0 Å². The normalized spacial score (nSPS) is 10.8. The first-order valence-corrected chi connectivity index (χ1v) is 8.47. The summed E-state index contributed by atoms with van der Waals surface area (Å²) >= 11 is 3.39. The molecule has 0 spiro atoms. The Morgan fingerprint density at radius 2 is 1.96 bits per heavy atom. The first kappa shape index (κ1) is 16.5. The minimum atomic E-state index is -0.102. The van der Waals surface area contributed by atoms with Gasteiger partial charge in [0.25, 0.3) is 5.91 Å². The zero-order chi connectivity index (χ0) is 17.3. The Morgan fingerprint density at radius 3 is 2.58 bits per heavy atom. The lowest BCUT2D eigenvalue weighted by Crippen LogP contribution is -2.25. The largest absolute Gasteiger partial charge is 0.347 e. The smallest absolute Gasteiger partial charge is 0.268 e. The summed E-state index contributed by atoms with van der Waals surface area (Å²) in [7, 11) is 1.85. The predicted molar refractivity (Wildman–Crippen MR) is 97.3 cm³/mol. The Labute approximate surface area is 149 Å². The summed E-state index contributed by atoms with van der Waals surface area (Å²) in [6.45, 7) is 4.44. The second kappa shape index (κ2) is 6.65. The Kier molecular flexibility index (Phi) is 4.57. The van der Waals surface area contributed by atoms with Crippen LogP contribution in [0.1, 0.15) is 27.4 Å². The number of amides is 1. The lowest BCUT2D eigenvalue weighted by Gasteiger charge is -2.07. The third-order valence-corrected chi connectivity index (χ3v) is 4.51. The average molecular weight is 387 g/mol. The van der Waals surface area contributed by atoms with Crippen LogP contribution in [0.15, 0.2) is 47.1 Å². The van der Waals surface area contributed by atoms with E-state index >= 15 is 0 Å². The molecule has 5 nitrogen and oxygen atoms in total. The van der Waals surface area contributed by atoms with Crippen LogP contribution in [0, 0.1) is 13.8 Å². The summed E-state index contributed by atoms with van der Waals surface area (Å²) < 4.78 is 4.60. The van der Waals surface area contributed by atoms with Crippen LogP contribution in [0.3, 0.4) is 0 Å². The van der Waals surface area contributed by atoms with Crippen molar-refractivity contribution in [3.05, 3.63) is 69.7 Å². The van der Waals surface area contributed by atoms with Crippen molar-refractivity contribution in [3.63, 3.8) is 0 Å². The predicted octanol–water partition coefficient (Wildman–Crippen LogP) is 3.52. The molecule has 3 rings (SSSR count). The molecular weight excluding hydrogens is 368 g/mol. The van der Waals surface area contributed by atoms with E-state index in [1.165, 1.54) is 0 Å². The van der Waals surface area contributed by atoms with Gasteiger partial charge in [0.15, 0.2) is 0 Å². The van der Waals surface area contributed by atoms with Crippen LogP contribution in [-0.4, -0.2) is 20.3 Å². The van der Waals surface area contributed by atoms with Gasteiger partial charge in [-0.1, -0.05) is 18.2 Å². The summed E-state index contributed by atoms with van der Waals surface area (Å²) in [5, 5.41) is 7.59. The molecule has 0 atom stereocenters. The molecule has 0 bridgehead atoms. The molecule has 0 unspecified atom stereocenters. The molecule has 2 aromatic heterocycles. The molecule has 0 aliphatic carbocycles. The van der Waals surface area contributed by atoms with E-state index in [0.717, 1.165) is 27.1 Å². The molecule has 0 aliphatic heterocycles. The van der Waals surface area contributed by atoms with Crippen LogP contribution in [-0.2, 0) is 13.6 Å². The lowest BCUT2D eigenvalue weighted by molar-refractivity contribution is 0.0942. The van der Waals surface area contributed by atoms with Crippen LogP contribution in [0.2, 0.25) is 0 Å². The molecule has 124 valence electrons. The van der Waals surface area contributed by atoms with E-state index in [9.17, 15) is 4.79 Å². The number of aryl methyl sites for hydroxylation is 2. The van der Waals surface area contributed by atoms with E-state index in [1.54, 1.807) is 4.57 Å². The van der Waals surface area contributed by atoms with Gasteiger partial charge in [0.2, 0.25) is 0 Å². The molecule has 2 heterocycles. The van der Waals surface area contributed by atoms with Crippen molar-refractivity contribution in [2.45, 2.75) is 20.4 Å². The molecule has 1 amide bonds. The van der Waals surface area contributed by atoms with Crippen molar-refractivity contribution < 1.29 is 4.79 Å². The highest BCUT2D eigenvalue weighted by Crippen LogP contribution is 2.18. The number of nitrogens with zero attached hydrogens (tertiary/aromatic N) is 3. The number of benzene rings is 1. The Balaban J connectivity index is 1.80. The average Bonchev–Trinajstić information content (AvgIpc) is 3.05. The number of halogens is 1. The summed E-state index contributed by atoms with van der Waals surface area (Å²) in [5.74, 6) is -0.102. The quantitative estimate of drug-likeness (QED) is 0.745. The van der Waals surface area contributed by atoms with Gasteiger partial charge >= 0.3 is 0 Å². The number of carbonyl (C=O) groups excluding carboxylic acids is 1. The zero-order valence-electron chi connectivity index (χ0n) is 13.9. The second-order valence-corrected chi connectivity index (χ2v) is 6.65. The fraction of sp³-hybridized carbons (Fsp3) is 0.222. The van der Waals surface area contributed by atoms with Gasteiger partial charge in [-0.25, -0.2) is 4.68 Å². The van der Waals surface area contributed by atoms with Gasteiger partial charge < -0.3 is 9.88 Å². The molecule has 1 N–H and O–H groups in total. The highest BCUT2D eigenvalue weighted by Gasteiger charge is 2.15. The van der Waals surface area contributed by atoms with E-state index in [2.05, 4.69) is 26.3 Å². The molecule has 0 radical (unpaired) electrons.